The Labute approximate surface area is 185 Å². The van der Waals surface area contributed by atoms with Crippen LogP contribution in [0.5, 0.6) is 5.75 Å². The molecule has 160 valence electrons. The Morgan fingerprint density at radius 2 is 1.71 bits per heavy atom. The molecule has 4 rings (SSSR count). The van der Waals surface area contributed by atoms with Crippen LogP contribution in [0.2, 0.25) is 0 Å². The van der Waals surface area contributed by atoms with Gasteiger partial charge in [-0.2, -0.15) is 0 Å². The molecular weight excluding hydrogens is 412 g/mol. The molecule has 1 aromatic heterocycles. The van der Waals surface area contributed by atoms with Gasteiger partial charge in [-0.05, 0) is 17.7 Å². The second kappa shape index (κ2) is 10.1. The number of aromatic nitrogens is 1. The number of carbonyl (C=O) groups excluding carboxylic acids is 2. The van der Waals surface area contributed by atoms with E-state index in [1.54, 1.807) is 10.3 Å². The first-order valence-electron chi connectivity index (χ1n) is 10.2. The highest BCUT2D eigenvalue weighted by Crippen LogP contribution is 2.20. The van der Waals surface area contributed by atoms with Crippen LogP contribution >= 0.6 is 11.3 Å². The Balaban J connectivity index is 1.23. The minimum Gasteiger partial charge on any atom is -0.490 e. The molecule has 0 atom stereocenters. The zero-order valence-electron chi connectivity index (χ0n) is 17.0. The first kappa shape index (κ1) is 20.9. The summed E-state index contributed by atoms with van der Waals surface area (Å²) in [6.45, 7) is 1.65. The van der Waals surface area contributed by atoms with Gasteiger partial charge < -0.3 is 15.0 Å². The number of nitrogens with one attached hydrogen (secondary N) is 2. The number of rotatable bonds is 6. The van der Waals surface area contributed by atoms with E-state index >= 15 is 0 Å². The van der Waals surface area contributed by atoms with Crippen molar-refractivity contribution in [3.8, 4) is 5.75 Å². The monoisotopic (exact) mass is 436 g/mol. The van der Waals surface area contributed by atoms with Gasteiger partial charge in [0.15, 0.2) is 5.13 Å². The molecule has 31 heavy (non-hydrogen) atoms. The number of likely N-dealkylation sites (tertiary alicyclic amines) is 1. The lowest BCUT2D eigenvalue weighted by Gasteiger charge is -2.31. The van der Waals surface area contributed by atoms with Crippen LogP contribution in [-0.2, 0) is 6.54 Å². The molecule has 0 radical (unpaired) electrons. The maximum Gasteiger partial charge on any atom is 0.323 e. The van der Waals surface area contributed by atoms with Crippen LogP contribution in [0.3, 0.4) is 0 Å². The lowest BCUT2D eigenvalue weighted by atomic mass is 10.1. The molecule has 8 heteroatoms. The molecule has 1 aliphatic rings. The highest BCUT2D eigenvalue weighted by Gasteiger charge is 2.24. The number of urea groups is 1. The zero-order chi connectivity index (χ0) is 21.5. The van der Waals surface area contributed by atoms with Crippen LogP contribution in [0.15, 0.2) is 66.0 Å². The average molecular weight is 437 g/mol. The second-order valence-corrected chi connectivity index (χ2v) is 8.11. The Hall–Kier alpha value is -3.39. The molecular formula is C23H24N4O3S. The lowest BCUT2D eigenvalue weighted by Crippen LogP contribution is -2.43. The number of amides is 3. The summed E-state index contributed by atoms with van der Waals surface area (Å²) in [5, 5.41) is 7.70. The smallest absolute Gasteiger partial charge is 0.323 e. The fourth-order valence-corrected chi connectivity index (χ4v) is 4.02. The standard InChI is InChI=1S/C23H24N4O3S/c28-21(24-15-17-7-3-1-4-8-17)20-16-31-22(25-20)26-23(29)27-13-11-19(12-14-27)30-18-9-5-2-6-10-18/h1-10,16,19H,11-15H2,(H,24,28)(H,25,26,29). The normalized spacial score (nSPS) is 14.1. The number of carbonyl (C=O) groups is 2. The van der Waals surface area contributed by atoms with E-state index in [2.05, 4.69) is 15.6 Å². The van der Waals surface area contributed by atoms with Gasteiger partial charge in [-0.15, -0.1) is 11.3 Å². The van der Waals surface area contributed by atoms with Crippen LogP contribution in [-0.4, -0.2) is 41.0 Å². The number of thiazole rings is 1. The number of nitrogens with zero attached hydrogens (tertiary/aromatic N) is 2. The van der Waals surface area contributed by atoms with Gasteiger partial charge in [0.25, 0.3) is 5.91 Å². The van der Waals surface area contributed by atoms with E-state index in [-0.39, 0.29) is 18.0 Å². The molecule has 0 aliphatic carbocycles. The number of piperidine rings is 1. The van der Waals surface area contributed by atoms with E-state index in [4.69, 9.17) is 4.74 Å². The SMILES string of the molecule is O=C(NCc1ccccc1)c1csc(NC(=O)N2CCC(Oc3ccccc3)CC2)n1. The maximum absolute atomic E-state index is 12.6. The molecule has 3 amide bonds. The topological polar surface area (TPSA) is 83.6 Å². The second-order valence-electron chi connectivity index (χ2n) is 7.25. The molecule has 2 heterocycles. The summed E-state index contributed by atoms with van der Waals surface area (Å²) < 4.78 is 5.97. The lowest BCUT2D eigenvalue weighted by molar-refractivity contribution is 0.0946. The number of hydrogen-bond acceptors (Lipinski definition) is 5. The summed E-state index contributed by atoms with van der Waals surface area (Å²) in [5.41, 5.74) is 1.31. The third-order valence-corrected chi connectivity index (χ3v) is 5.78. The molecule has 1 aliphatic heterocycles. The predicted molar refractivity (Wildman–Crippen MR) is 120 cm³/mol. The van der Waals surface area contributed by atoms with E-state index in [0.29, 0.717) is 30.5 Å². The van der Waals surface area contributed by atoms with E-state index in [1.807, 2.05) is 60.7 Å². The third kappa shape index (κ3) is 5.82. The fraction of sp³-hybridized carbons (Fsp3) is 0.261. The summed E-state index contributed by atoms with van der Waals surface area (Å²) in [5.74, 6) is 0.589. The van der Waals surface area contributed by atoms with Crippen molar-refractivity contribution in [3.63, 3.8) is 0 Å². The quantitative estimate of drug-likeness (QED) is 0.608. The van der Waals surface area contributed by atoms with Crippen molar-refractivity contribution in [1.82, 2.24) is 15.2 Å². The molecule has 1 saturated heterocycles. The summed E-state index contributed by atoms with van der Waals surface area (Å²) in [6.07, 6.45) is 1.65. The van der Waals surface area contributed by atoms with Crippen LogP contribution < -0.4 is 15.4 Å². The van der Waals surface area contributed by atoms with E-state index in [0.717, 1.165) is 24.2 Å². The first-order valence-corrected chi connectivity index (χ1v) is 11.1. The van der Waals surface area contributed by atoms with Crippen molar-refractivity contribution in [3.05, 3.63) is 77.3 Å². The van der Waals surface area contributed by atoms with Crippen molar-refractivity contribution >= 4 is 28.4 Å². The van der Waals surface area contributed by atoms with E-state index < -0.39 is 0 Å². The van der Waals surface area contributed by atoms with Gasteiger partial charge in [0, 0.05) is 37.9 Å². The summed E-state index contributed by atoms with van der Waals surface area (Å²) >= 11 is 1.24. The number of anilines is 1. The van der Waals surface area contributed by atoms with Crippen molar-refractivity contribution in [2.24, 2.45) is 0 Å². The van der Waals surface area contributed by atoms with E-state index in [9.17, 15) is 9.59 Å². The Bertz CT molecular complexity index is 1000. The predicted octanol–water partition coefficient (Wildman–Crippen LogP) is 4.15. The van der Waals surface area contributed by atoms with Crippen molar-refractivity contribution in [1.29, 1.82) is 0 Å². The van der Waals surface area contributed by atoms with Crippen molar-refractivity contribution in [2.75, 3.05) is 18.4 Å². The zero-order valence-corrected chi connectivity index (χ0v) is 17.8. The number of para-hydroxylation sites is 1. The minimum atomic E-state index is -0.264. The van der Waals surface area contributed by atoms with Gasteiger partial charge in [0.2, 0.25) is 0 Å². The molecule has 0 saturated carbocycles. The van der Waals surface area contributed by atoms with E-state index in [1.165, 1.54) is 11.3 Å². The third-order valence-electron chi connectivity index (χ3n) is 5.02. The van der Waals surface area contributed by atoms with Crippen LogP contribution in [0.4, 0.5) is 9.93 Å². The molecule has 0 spiro atoms. The maximum atomic E-state index is 12.6. The molecule has 3 aromatic rings. The number of hydrogen-bond donors (Lipinski definition) is 2. The van der Waals surface area contributed by atoms with Gasteiger partial charge in [-0.25, -0.2) is 9.78 Å². The molecule has 7 nitrogen and oxygen atoms in total. The molecule has 2 N–H and O–H groups in total. The fourth-order valence-electron chi connectivity index (χ4n) is 3.34. The van der Waals surface area contributed by atoms with Crippen molar-refractivity contribution in [2.45, 2.75) is 25.5 Å². The number of benzene rings is 2. The highest BCUT2D eigenvalue weighted by molar-refractivity contribution is 7.14. The van der Waals surface area contributed by atoms with Crippen LogP contribution in [0.1, 0.15) is 28.9 Å². The van der Waals surface area contributed by atoms with Gasteiger partial charge in [0.05, 0.1) is 0 Å². The number of ether oxygens (including phenoxy) is 1. The summed E-state index contributed by atoms with van der Waals surface area (Å²) in [7, 11) is 0. The molecule has 0 bridgehead atoms. The highest BCUT2D eigenvalue weighted by atomic mass is 32.1. The van der Waals surface area contributed by atoms with Gasteiger partial charge in [-0.3, -0.25) is 10.1 Å². The molecule has 2 aromatic carbocycles. The minimum absolute atomic E-state index is 0.103. The Kier molecular flexibility index (Phi) is 6.78. The van der Waals surface area contributed by atoms with Gasteiger partial charge in [0.1, 0.15) is 17.5 Å². The molecule has 0 unspecified atom stereocenters. The Morgan fingerprint density at radius 1 is 1.03 bits per heavy atom. The van der Waals surface area contributed by atoms with Gasteiger partial charge in [-0.1, -0.05) is 48.5 Å². The van der Waals surface area contributed by atoms with Crippen molar-refractivity contribution < 1.29 is 14.3 Å². The molecule has 1 fully saturated rings. The summed E-state index contributed by atoms with van der Waals surface area (Å²) in [4.78, 5) is 30.9. The largest absolute Gasteiger partial charge is 0.490 e. The first-order chi connectivity index (χ1) is 15.2. The summed E-state index contributed by atoms with van der Waals surface area (Å²) in [6, 6.07) is 19.2. The Morgan fingerprint density at radius 3 is 2.42 bits per heavy atom. The average Bonchev–Trinajstić information content (AvgIpc) is 3.28. The van der Waals surface area contributed by atoms with Gasteiger partial charge >= 0.3 is 6.03 Å². The van der Waals surface area contributed by atoms with Crippen LogP contribution in [0, 0.1) is 0 Å². The van der Waals surface area contributed by atoms with Crippen LogP contribution in [0.25, 0.3) is 0 Å².